The molecule has 0 bridgehead atoms. The molecule has 2 aliphatic rings. The molecule has 0 atom stereocenters. The van der Waals surface area contributed by atoms with Crippen molar-refractivity contribution < 1.29 is 28.1 Å². The number of halogens is 1. The molecule has 3 heterocycles. The fourth-order valence-electron chi connectivity index (χ4n) is 4.23. The van der Waals surface area contributed by atoms with E-state index in [-0.39, 0.29) is 36.0 Å². The summed E-state index contributed by atoms with van der Waals surface area (Å²) < 4.78 is 38.7. The Kier molecular flexibility index (Phi) is 5.50. The molecular weight excluding hydrogens is 395 g/mol. The van der Waals surface area contributed by atoms with Crippen molar-refractivity contribution in [3.05, 3.63) is 34.5 Å². The summed E-state index contributed by atoms with van der Waals surface area (Å²) in [5.41, 5.74) is -0.591. The summed E-state index contributed by atoms with van der Waals surface area (Å²) in [4.78, 5) is 29.0. The van der Waals surface area contributed by atoms with Crippen LogP contribution in [-0.2, 0) is 26.1 Å². The van der Waals surface area contributed by atoms with E-state index in [1.54, 1.807) is 6.92 Å². The Morgan fingerprint density at radius 3 is 2.60 bits per heavy atom. The number of fused-ring (bicyclic) bond motifs is 1. The number of aryl methyl sites for hydroxylation is 1. The standard InChI is InChI=1S/C21H25FN2O6/c1-3-27-19(26)20(6-8-21(9-7-20)29-10-11-30-21)13-28-18-14(22)12-23-15-4-5-16(25)24(2)17(15)18/h4-5,12H,3,6-11,13H2,1-2H3. The molecule has 0 unspecified atom stereocenters. The molecule has 1 saturated heterocycles. The fraction of sp³-hybridized carbons (Fsp3) is 0.571. The Balaban J connectivity index is 1.64. The van der Waals surface area contributed by atoms with Crippen molar-refractivity contribution in [2.75, 3.05) is 26.4 Å². The van der Waals surface area contributed by atoms with E-state index in [0.29, 0.717) is 44.4 Å². The minimum atomic E-state index is -0.952. The van der Waals surface area contributed by atoms with Crippen LogP contribution in [-0.4, -0.2) is 47.7 Å². The minimum absolute atomic E-state index is 0.0823. The van der Waals surface area contributed by atoms with E-state index in [1.807, 2.05) is 0 Å². The monoisotopic (exact) mass is 420 g/mol. The molecule has 4 rings (SSSR count). The summed E-state index contributed by atoms with van der Waals surface area (Å²) in [6.07, 6.45) is 2.94. The second-order valence-electron chi connectivity index (χ2n) is 7.80. The second kappa shape index (κ2) is 7.96. The molecule has 1 spiro atoms. The van der Waals surface area contributed by atoms with Gasteiger partial charge < -0.3 is 23.5 Å². The van der Waals surface area contributed by atoms with Crippen LogP contribution in [0, 0.1) is 11.2 Å². The van der Waals surface area contributed by atoms with Gasteiger partial charge >= 0.3 is 5.97 Å². The normalized spacial score (nSPS) is 19.8. The predicted octanol–water partition coefficient (Wildman–Crippen LogP) is 2.32. The zero-order chi connectivity index (χ0) is 21.4. The van der Waals surface area contributed by atoms with Crippen LogP contribution in [0.3, 0.4) is 0 Å². The third kappa shape index (κ3) is 3.56. The smallest absolute Gasteiger partial charge is 0.315 e. The van der Waals surface area contributed by atoms with Crippen LogP contribution < -0.4 is 10.3 Å². The van der Waals surface area contributed by atoms with Crippen molar-refractivity contribution in [3.63, 3.8) is 0 Å². The molecule has 1 saturated carbocycles. The highest BCUT2D eigenvalue weighted by Crippen LogP contribution is 2.46. The van der Waals surface area contributed by atoms with E-state index < -0.39 is 17.0 Å². The van der Waals surface area contributed by atoms with Gasteiger partial charge in [-0.3, -0.25) is 14.6 Å². The van der Waals surface area contributed by atoms with E-state index in [4.69, 9.17) is 18.9 Å². The van der Waals surface area contributed by atoms with Gasteiger partial charge in [0, 0.05) is 26.0 Å². The van der Waals surface area contributed by atoms with Crippen LogP contribution >= 0.6 is 0 Å². The maximum Gasteiger partial charge on any atom is 0.315 e. The van der Waals surface area contributed by atoms with E-state index in [1.165, 1.54) is 23.7 Å². The molecule has 0 N–H and O–H groups in total. The van der Waals surface area contributed by atoms with Crippen molar-refractivity contribution in [2.45, 2.75) is 38.4 Å². The molecule has 1 aliphatic carbocycles. The molecule has 1 aliphatic heterocycles. The molecule has 2 aromatic rings. The first-order valence-corrected chi connectivity index (χ1v) is 10.1. The fourth-order valence-corrected chi connectivity index (χ4v) is 4.23. The first-order chi connectivity index (χ1) is 14.4. The van der Waals surface area contributed by atoms with Gasteiger partial charge in [0.05, 0.1) is 31.5 Å². The topological polar surface area (TPSA) is 88.9 Å². The Labute approximate surface area is 172 Å². The van der Waals surface area contributed by atoms with Crippen LogP contribution in [0.2, 0.25) is 0 Å². The number of rotatable bonds is 5. The molecule has 2 aromatic heterocycles. The Morgan fingerprint density at radius 1 is 1.23 bits per heavy atom. The van der Waals surface area contributed by atoms with Crippen LogP contribution in [0.15, 0.2) is 23.1 Å². The second-order valence-corrected chi connectivity index (χ2v) is 7.80. The number of hydrogen-bond donors (Lipinski definition) is 0. The average Bonchev–Trinajstić information content (AvgIpc) is 3.20. The zero-order valence-electron chi connectivity index (χ0n) is 17.1. The zero-order valence-corrected chi connectivity index (χ0v) is 17.1. The molecule has 30 heavy (non-hydrogen) atoms. The van der Waals surface area contributed by atoms with Crippen LogP contribution in [0.25, 0.3) is 11.0 Å². The number of ether oxygens (including phenoxy) is 4. The number of carbonyl (C=O) groups is 1. The van der Waals surface area contributed by atoms with Gasteiger partial charge in [0.15, 0.2) is 17.4 Å². The van der Waals surface area contributed by atoms with Crippen molar-refractivity contribution >= 4 is 17.0 Å². The summed E-state index contributed by atoms with van der Waals surface area (Å²) in [7, 11) is 1.53. The number of esters is 1. The minimum Gasteiger partial charge on any atom is -0.487 e. The molecule has 9 heteroatoms. The number of aromatic nitrogens is 2. The highest BCUT2D eigenvalue weighted by molar-refractivity contribution is 5.81. The van der Waals surface area contributed by atoms with Crippen LogP contribution in [0.5, 0.6) is 5.75 Å². The summed E-state index contributed by atoms with van der Waals surface area (Å²) in [5, 5.41) is 0. The van der Waals surface area contributed by atoms with Crippen molar-refractivity contribution in [3.8, 4) is 5.75 Å². The molecule has 2 fully saturated rings. The molecule has 0 amide bonds. The highest BCUT2D eigenvalue weighted by Gasteiger charge is 2.51. The van der Waals surface area contributed by atoms with Crippen molar-refractivity contribution in [2.24, 2.45) is 12.5 Å². The number of nitrogens with zero attached hydrogens (tertiary/aromatic N) is 2. The summed E-state index contributed by atoms with van der Waals surface area (Å²) >= 11 is 0. The lowest BCUT2D eigenvalue weighted by Crippen LogP contribution is -2.47. The summed E-state index contributed by atoms with van der Waals surface area (Å²) in [5.74, 6) is -1.84. The van der Waals surface area contributed by atoms with Gasteiger partial charge in [-0.2, -0.15) is 0 Å². The molecule has 162 valence electrons. The molecule has 0 radical (unpaired) electrons. The molecule has 8 nitrogen and oxygen atoms in total. The van der Waals surface area contributed by atoms with Gasteiger partial charge in [0.1, 0.15) is 17.5 Å². The first-order valence-electron chi connectivity index (χ1n) is 10.1. The predicted molar refractivity (Wildman–Crippen MR) is 105 cm³/mol. The van der Waals surface area contributed by atoms with Crippen LogP contribution in [0.4, 0.5) is 4.39 Å². The van der Waals surface area contributed by atoms with Crippen molar-refractivity contribution in [1.82, 2.24) is 9.55 Å². The van der Waals surface area contributed by atoms with Gasteiger partial charge in [-0.25, -0.2) is 4.39 Å². The number of hydrogen-bond acceptors (Lipinski definition) is 7. The van der Waals surface area contributed by atoms with E-state index in [9.17, 15) is 14.0 Å². The highest BCUT2D eigenvalue weighted by atomic mass is 19.1. The first kappa shape index (κ1) is 20.7. The van der Waals surface area contributed by atoms with Gasteiger partial charge in [0.25, 0.3) is 5.56 Å². The van der Waals surface area contributed by atoms with E-state index in [0.717, 1.165) is 6.20 Å². The third-order valence-corrected chi connectivity index (χ3v) is 6.03. The van der Waals surface area contributed by atoms with Gasteiger partial charge in [0.2, 0.25) is 0 Å². The lowest BCUT2D eigenvalue weighted by molar-refractivity contribution is -0.201. The Bertz CT molecular complexity index is 1000. The largest absolute Gasteiger partial charge is 0.487 e. The van der Waals surface area contributed by atoms with E-state index >= 15 is 0 Å². The lowest BCUT2D eigenvalue weighted by atomic mass is 9.72. The van der Waals surface area contributed by atoms with Crippen LogP contribution in [0.1, 0.15) is 32.6 Å². The van der Waals surface area contributed by atoms with E-state index in [2.05, 4.69) is 4.98 Å². The van der Waals surface area contributed by atoms with Gasteiger partial charge in [-0.05, 0) is 25.8 Å². The van der Waals surface area contributed by atoms with Crippen molar-refractivity contribution in [1.29, 1.82) is 0 Å². The number of pyridine rings is 2. The number of carbonyl (C=O) groups excluding carboxylic acids is 1. The van der Waals surface area contributed by atoms with Gasteiger partial charge in [-0.15, -0.1) is 0 Å². The Morgan fingerprint density at radius 2 is 1.93 bits per heavy atom. The van der Waals surface area contributed by atoms with Gasteiger partial charge in [-0.1, -0.05) is 0 Å². The molecular formula is C21H25FN2O6. The maximum absolute atomic E-state index is 14.6. The summed E-state index contributed by atoms with van der Waals surface area (Å²) in [6.45, 7) is 2.96. The Hall–Kier alpha value is -2.52. The maximum atomic E-state index is 14.6. The summed E-state index contributed by atoms with van der Waals surface area (Å²) in [6, 6.07) is 2.88. The lowest BCUT2D eigenvalue weighted by Gasteiger charge is -2.41. The quantitative estimate of drug-likeness (QED) is 0.686. The average molecular weight is 420 g/mol. The SMILES string of the molecule is CCOC(=O)C1(COc2c(F)cnc3ccc(=O)n(C)c23)CCC2(CC1)OCCO2. The third-order valence-electron chi connectivity index (χ3n) is 6.03. The molecule has 0 aromatic carbocycles.